The third kappa shape index (κ3) is 3.50. The van der Waals surface area contributed by atoms with E-state index in [4.69, 9.17) is 5.73 Å². The summed E-state index contributed by atoms with van der Waals surface area (Å²) in [6.07, 6.45) is 6.78. The number of rotatable bonds is 5. The van der Waals surface area contributed by atoms with E-state index in [0.29, 0.717) is 18.4 Å². The number of nitrogens with one attached hydrogen (secondary N) is 1. The summed E-state index contributed by atoms with van der Waals surface area (Å²) in [7, 11) is 0. The van der Waals surface area contributed by atoms with Gasteiger partial charge >= 0.3 is 0 Å². The molecule has 1 amide bonds. The van der Waals surface area contributed by atoms with Crippen LogP contribution < -0.4 is 16.0 Å². The second-order valence-corrected chi connectivity index (χ2v) is 6.58. The van der Waals surface area contributed by atoms with Crippen LogP contribution in [0.1, 0.15) is 44.1 Å². The van der Waals surface area contributed by atoms with Gasteiger partial charge in [0.25, 0.3) is 0 Å². The van der Waals surface area contributed by atoms with Crippen LogP contribution in [0, 0.1) is 5.92 Å². The lowest BCUT2D eigenvalue weighted by Crippen LogP contribution is -2.41. The topological polar surface area (TPSA) is 58.4 Å². The molecule has 2 atom stereocenters. The van der Waals surface area contributed by atoms with E-state index in [1.165, 1.54) is 31.2 Å². The Morgan fingerprint density at radius 3 is 2.59 bits per heavy atom. The van der Waals surface area contributed by atoms with Crippen molar-refractivity contribution >= 4 is 11.6 Å². The number of nitrogens with zero attached hydrogens (tertiary/aromatic N) is 1. The molecule has 4 nitrogen and oxygen atoms in total. The van der Waals surface area contributed by atoms with Crippen LogP contribution in [-0.2, 0) is 11.3 Å². The Bertz CT molecular complexity index is 500. The fourth-order valence-corrected chi connectivity index (χ4v) is 3.72. The molecule has 0 aromatic heterocycles. The van der Waals surface area contributed by atoms with Crippen LogP contribution in [-0.4, -0.2) is 25.0 Å². The van der Waals surface area contributed by atoms with Crippen LogP contribution in [0.2, 0.25) is 0 Å². The molecule has 3 rings (SSSR count). The smallest absolute Gasteiger partial charge is 0.227 e. The number of benzene rings is 1. The standard InChI is InChI=1S/C18H27N3O/c19-12-15-4-1-2-5-17(15)20-13-14-7-9-16(10-8-14)21-11-3-6-18(21)22/h7-10,15,17,20H,1-6,11-13,19H2. The summed E-state index contributed by atoms with van der Waals surface area (Å²) in [6, 6.07) is 8.96. The first-order chi connectivity index (χ1) is 10.8. The van der Waals surface area contributed by atoms with Crippen molar-refractivity contribution in [1.29, 1.82) is 0 Å². The average Bonchev–Trinajstić information content (AvgIpc) is 3.00. The molecule has 3 N–H and O–H groups in total. The number of hydrogen-bond acceptors (Lipinski definition) is 3. The van der Waals surface area contributed by atoms with Gasteiger partial charge in [-0.15, -0.1) is 0 Å². The van der Waals surface area contributed by atoms with E-state index in [2.05, 4.69) is 29.6 Å². The summed E-state index contributed by atoms with van der Waals surface area (Å²) in [6.45, 7) is 2.53. The van der Waals surface area contributed by atoms with Gasteiger partial charge in [0, 0.05) is 31.2 Å². The molecule has 1 heterocycles. The van der Waals surface area contributed by atoms with Gasteiger partial charge in [-0.05, 0) is 49.4 Å². The molecule has 22 heavy (non-hydrogen) atoms. The van der Waals surface area contributed by atoms with Crippen LogP contribution in [0.4, 0.5) is 5.69 Å². The molecule has 2 aliphatic rings. The maximum Gasteiger partial charge on any atom is 0.227 e. The summed E-state index contributed by atoms with van der Waals surface area (Å²) in [5.41, 5.74) is 8.19. The first-order valence-electron chi connectivity index (χ1n) is 8.60. The summed E-state index contributed by atoms with van der Waals surface area (Å²) in [5.74, 6) is 0.870. The van der Waals surface area contributed by atoms with Crippen LogP contribution in [0.5, 0.6) is 0 Å². The summed E-state index contributed by atoms with van der Waals surface area (Å²) in [5, 5.41) is 3.68. The van der Waals surface area contributed by atoms with E-state index in [1.807, 2.05) is 4.90 Å². The van der Waals surface area contributed by atoms with Crippen molar-refractivity contribution in [1.82, 2.24) is 5.32 Å². The van der Waals surface area contributed by atoms with E-state index < -0.39 is 0 Å². The average molecular weight is 301 g/mol. The summed E-state index contributed by atoms with van der Waals surface area (Å²) < 4.78 is 0. The highest BCUT2D eigenvalue weighted by atomic mass is 16.2. The van der Waals surface area contributed by atoms with E-state index in [-0.39, 0.29) is 5.91 Å². The summed E-state index contributed by atoms with van der Waals surface area (Å²) in [4.78, 5) is 13.7. The fraction of sp³-hybridized carbons (Fsp3) is 0.611. The predicted molar refractivity (Wildman–Crippen MR) is 89.7 cm³/mol. The van der Waals surface area contributed by atoms with Gasteiger partial charge < -0.3 is 16.0 Å². The molecule has 1 aliphatic heterocycles. The van der Waals surface area contributed by atoms with Crippen molar-refractivity contribution in [2.24, 2.45) is 11.7 Å². The predicted octanol–water partition coefficient (Wildman–Crippen LogP) is 2.42. The lowest BCUT2D eigenvalue weighted by atomic mass is 9.84. The van der Waals surface area contributed by atoms with Gasteiger partial charge in [-0.25, -0.2) is 0 Å². The quantitative estimate of drug-likeness (QED) is 0.878. The molecule has 1 saturated carbocycles. The summed E-state index contributed by atoms with van der Waals surface area (Å²) >= 11 is 0. The van der Waals surface area contributed by atoms with Crippen LogP contribution in [0.15, 0.2) is 24.3 Å². The molecule has 120 valence electrons. The second kappa shape index (κ2) is 7.25. The minimum absolute atomic E-state index is 0.249. The number of carbonyl (C=O) groups is 1. The van der Waals surface area contributed by atoms with E-state index in [0.717, 1.165) is 31.7 Å². The zero-order chi connectivity index (χ0) is 15.4. The SMILES string of the molecule is NCC1CCCCC1NCc1ccc(N2CCCC2=O)cc1. The van der Waals surface area contributed by atoms with Crippen LogP contribution in [0.25, 0.3) is 0 Å². The van der Waals surface area contributed by atoms with E-state index in [1.54, 1.807) is 0 Å². The Morgan fingerprint density at radius 1 is 1.14 bits per heavy atom. The van der Waals surface area contributed by atoms with Gasteiger partial charge in [0.15, 0.2) is 0 Å². The van der Waals surface area contributed by atoms with Gasteiger partial charge in [-0.1, -0.05) is 25.0 Å². The number of carbonyl (C=O) groups excluding carboxylic acids is 1. The molecule has 1 aliphatic carbocycles. The van der Waals surface area contributed by atoms with Gasteiger partial charge in [0.1, 0.15) is 0 Å². The minimum Gasteiger partial charge on any atom is -0.330 e. The van der Waals surface area contributed by atoms with Crippen molar-refractivity contribution in [2.75, 3.05) is 18.0 Å². The lowest BCUT2D eigenvalue weighted by molar-refractivity contribution is -0.117. The van der Waals surface area contributed by atoms with Gasteiger partial charge in [-0.3, -0.25) is 4.79 Å². The van der Waals surface area contributed by atoms with Gasteiger partial charge in [0.05, 0.1) is 0 Å². The van der Waals surface area contributed by atoms with Crippen molar-refractivity contribution in [3.63, 3.8) is 0 Å². The molecule has 0 radical (unpaired) electrons. The Kier molecular flexibility index (Phi) is 5.11. The molecule has 0 spiro atoms. The minimum atomic E-state index is 0.249. The Labute approximate surface area is 133 Å². The number of anilines is 1. The number of hydrogen-bond donors (Lipinski definition) is 2. The third-order valence-corrected chi connectivity index (χ3v) is 5.10. The first-order valence-corrected chi connectivity index (χ1v) is 8.60. The zero-order valence-electron chi connectivity index (χ0n) is 13.3. The highest BCUT2D eigenvalue weighted by Crippen LogP contribution is 2.24. The Morgan fingerprint density at radius 2 is 1.91 bits per heavy atom. The molecule has 2 fully saturated rings. The van der Waals surface area contributed by atoms with Crippen LogP contribution in [0.3, 0.4) is 0 Å². The van der Waals surface area contributed by atoms with Crippen molar-refractivity contribution in [3.05, 3.63) is 29.8 Å². The molecular weight excluding hydrogens is 274 g/mol. The Balaban J connectivity index is 1.55. The number of amides is 1. The highest BCUT2D eigenvalue weighted by Gasteiger charge is 2.23. The van der Waals surface area contributed by atoms with Crippen LogP contribution >= 0.6 is 0 Å². The number of nitrogens with two attached hydrogens (primary N) is 1. The Hall–Kier alpha value is -1.39. The monoisotopic (exact) mass is 301 g/mol. The molecule has 1 aromatic rings. The highest BCUT2D eigenvalue weighted by molar-refractivity contribution is 5.95. The fourth-order valence-electron chi connectivity index (χ4n) is 3.72. The molecular formula is C18H27N3O. The van der Waals surface area contributed by atoms with E-state index in [9.17, 15) is 4.79 Å². The largest absolute Gasteiger partial charge is 0.330 e. The molecule has 0 bridgehead atoms. The van der Waals surface area contributed by atoms with Gasteiger partial charge in [-0.2, -0.15) is 0 Å². The first kappa shape index (κ1) is 15.5. The third-order valence-electron chi connectivity index (χ3n) is 5.10. The molecule has 1 aromatic carbocycles. The molecule has 1 saturated heterocycles. The maximum absolute atomic E-state index is 11.8. The van der Waals surface area contributed by atoms with Crippen molar-refractivity contribution in [2.45, 2.75) is 51.1 Å². The van der Waals surface area contributed by atoms with Crippen molar-refractivity contribution in [3.8, 4) is 0 Å². The van der Waals surface area contributed by atoms with Crippen molar-refractivity contribution < 1.29 is 4.79 Å². The zero-order valence-corrected chi connectivity index (χ0v) is 13.3. The maximum atomic E-state index is 11.8. The van der Waals surface area contributed by atoms with Gasteiger partial charge in [0.2, 0.25) is 5.91 Å². The normalized spacial score (nSPS) is 25.7. The molecule has 4 heteroatoms. The van der Waals surface area contributed by atoms with E-state index >= 15 is 0 Å². The molecule has 2 unspecified atom stereocenters. The lowest BCUT2D eigenvalue weighted by Gasteiger charge is -2.31. The second-order valence-electron chi connectivity index (χ2n) is 6.58.